The third-order valence-corrected chi connectivity index (χ3v) is 4.34. The van der Waals surface area contributed by atoms with E-state index in [1.165, 1.54) is 17.1 Å². The highest BCUT2D eigenvalue weighted by Gasteiger charge is 2.16. The van der Waals surface area contributed by atoms with Crippen molar-refractivity contribution in [1.29, 1.82) is 0 Å². The average Bonchev–Trinajstić information content (AvgIpc) is 2.78. The second-order valence-electron chi connectivity index (χ2n) is 4.34. The number of hydrogen-bond donors (Lipinski definition) is 2. The zero-order valence-corrected chi connectivity index (χ0v) is 11.3. The van der Waals surface area contributed by atoms with Crippen LogP contribution in [0.4, 0.5) is 0 Å². The summed E-state index contributed by atoms with van der Waals surface area (Å²) < 4.78 is 27.9. The van der Waals surface area contributed by atoms with E-state index < -0.39 is 10.0 Å². The predicted octanol–water partition coefficient (Wildman–Crippen LogP) is -1.40. The molecule has 0 atom stereocenters. The normalized spacial score (nSPS) is 18.1. The fourth-order valence-electron chi connectivity index (χ4n) is 1.89. The quantitative estimate of drug-likeness (QED) is 0.690. The summed E-state index contributed by atoms with van der Waals surface area (Å²) >= 11 is 0. The highest BCUT2D eigenvalue weighted by Crippen LogP contribution is 2.05. The lowest BCUT2D eigenvalue weighted by Gasteiger charge is -2.26. The third-order valence-electron chi connectivity index (χ3n) is 2.92. The first-order valence-electron chi connectivity index (χ1n) is 5.99. The lowest BCUT2D eigenvalue weighted by Crippen LogP contribution is -2.46. The van der Waals surface area contributed by atoms with E-state index in [1.54, 1.807) is 7.05 Å². The van der Waals surface area contributed by atoms with Crippen molar-refractivity contribution >= 4 is 10.0 Å². The van der Waals surface area contributed by atoms with Gasteiger partial charge in [0.2, 0.25) is 10.0 Å². The Bertz CT molecular complexity index is 478. The van der Waals surface area contributed by atoms with E-state index in [0.29, 0.717) is 6.54 Å². The molecule has 1 aromatic rings. The van der Waals surface area contributed by atoms with Crippen LogP contribution in [0.15, 0.2) is 17.3 Å². The summed E-state index contributed by atoms with van der Waals surface area (Å²) in [5.74, 6) is 0. The van der Waals surface area contributed by atoms with Gasteiger partial charge in [0.1, 0.15) is 4.90 Å². The van der Waals surface area contributed by atoms with Gasteiger partial charge >= 0.3 is 0 Å². The maximum absolute atomic E-state index is 11.9. The number of hydrogen-bond acceptors (Lipinski definition) is 5. The van der Waals surface area contributed by atoms with Gasteiger partial charge in [0.15, 0.2) is 0 Å². The van der Waals surface area contributed by atoms with Crippen LogP contribution in [-0.4, -0.2) is 62.4 Å². The number of nitrogens with one attached hydrogen (secondary N) is 2. The molecule has 0 aliphatic carbocycles. The molecule has 0 unspecified atom stereocenters. The molecule has 1 aliphatic rings. The van der Waals surface area contributed by atoms with Crippen LogP contribution in [0.5, 0.6) is 0 Å². The van der Waals surface area contributed by atoms with Crippen LogP contribution in [0.3, 0.4) is 0 Å². The largest absolute Gasteiger partial charge is 0.314 e. The highest BCUT2D eigenvalue weighted by atomic mass is 32.2. The van der Waals surface area contributed by atoms with Gasteiger partial charge in [0.05, 0.1) is 6.20 Å². The molecule has 0 spiro atoms. The summed E-state index contributed by atoms with van der Waals surface area (Å²) in [5, 5.41) is 7.12. The minimum atomic E-state index is -3.42. The first kappa shape index (κ1) is 13.5. The summed E-state index contributed by atoms with van der Waals surface area (Å²) in [6, 6.07) is 0. The average molecular weight is 273 g/mol. The molecule has 2 rings (SSSR count). The first-order chi connectivity index (χ1) is 8.58. The van der Waals surface area contributed by atoms with E-state index in [4.69, 9.17) is 0 Å². The van der Waals surface area contributed by atoms with Crippen molar-refractivity contribution in [1.82, 2.24) is 24.7 Å². The van der Waals surface area contributed by atoms with Crippen molar-refractivity contribution in [3.8, 4) is 0 Å². The van der Waals surface area contributed by atoms with E-state index in [-0.39, 0.29) is 4.90 Å². The number of aromatic nitrogens is 2. The van der Waals surface area contributed by atoms with Crippen LogP contribution >= 0.6 is 0 Å². The Labute approximate surface area is 107 Å². The monoisotopic (exact) mass is 273 g/mol. The molecule has 1 saturated heterocycles. The number of nitrogens with zero attached hydrogens (tertiary/aromatic N) is 3. The summed E-state index contributed by atoms with van der Waals surface area (Å²) in [6.45, 7) is 5.03. The summed E-state index contributed by atoms with van der Waals surface area (Å²) in [7, 11) is -1.72. The molecule has 0 saturated carbocycles. The van der Waals surface area contributed by atoms with Gasteiger partial charge in [-0.25, -0.2) is 13.1 Å². The van der Waals surface area contributed by atoms with Crippen LogP contribution in [0.2, 0.25) is 0 Å². The summed E-state index contributed by atoms with van der Waals surface area (Å²) in [5.41, 5.74) is 0. The van der Waals surface area contributed by atoms with E-state index in [0.717, 1.165) is 32.7 Å². The minimum absolute atomic E-state index is 0.213. The highest BCUT2D eigenvalue weighted by molar-refractivity contribution is 7.89. The SMILES string of the molecule is Cn1cc(S(=O)(=O)NCCN2CCNCC2)cn1. The maximum atomic E-state index is 11.9. The Balaban J connectivity index is 1.82. The fraction of sp³-hybridized carbons (Fsp3) is 0.700. The molecular weight excluding hydrogens is 254 g/mol. The Morgan fingerprint density at radius 2 is 2.17 bits per heavy atom. The lowest BCUT2D eigenvalue weighted by atomic mass is 10.3. The predicted molar refractivity (Wildman–Crippen MR) is 67.7 cm³/mol. The molecule has 102 valence electrons. The number of sulfonamides is 1. The minimum Gasteiger partial charge on any atom is -0.314 e. The van der Waals surface area contributed by atoms with Gasteiger partial charge in [0, 0.05) is 52.5 Å². The Morgan fingerprint density at radius 3 is 2.78 bits per heavy atom. The maximum Gasteiger partial charge on any atom is 0.243 e. The zero-order valence-electron chi connectivity index (χ0n) is 10.5. The Hall–Kier alpha value is -0.960. The van der Waals surface area contributed by atoms with E-state index in [2.05, 4.69) is 20.0 Å². The summed E-state index contributed by atoms with van der Waals surface area (Å²) in [4.78, 5) is 2.45. The molecule has 0 aromatic carbocycles. The Morgan fingerprint density at radius 1 is 1.44 bits per heavy atom. The van der Waals surface area contributed by atoms with E-state index >= 15 is 0 Å². The zero-order chi connectivity index (χ0) is 13.0. The molecule has 0 bridgehead atoms. The van der Waals surface area contributed by atoms with Crippen molar-refractivity contribution in [2.45, 2.75) is 4.90 Å². The second kappa shape index (κ2) is 5.79. The van der Waals surface area contributed by atoms with Gasteiger partial charge in [-0.15, -0.1) is 0 Å². The second-order valence-corrected chi connectivity index (χ2v) is 6.11. The van der Waals surface area contributed by atoms with Crippen molar-refractivity contribution in [3.05, 3.63) is 12.4 Å². The van der Waals surface area contributed by atoms with Crippen LogP contribution in [-0.2, 0) is 17.1 Å². The number of piperazine rings is 1. The molecule has 2 N–H and O–H groups in total. The molecule has 1 aliphatic heterocycles. The third kappa shape index (κ3) is 3.52. The standard InChI is InChI=1S/C10H19N5O2S/c1-14-9-10(8-12-14)18(16,17)13-4-7-15-5-2-11-3-6-15/h8-9,11,13H,2-7H2,1H3. The van der Waals surface area contributed by atoms with Crippen LogP contribution in [0.1, 0.15) is 0 Å². The van der Waals surface area contributed by atoms with Gasteiger partial charge < -0.3 is 5.32 Å². The van der Waals surface area contributed by atoms with Crippen LogP contribution < -0.4 is 10.0 Å². The summed E-state index contributed by atoms with van der Waals surface area (Å²) in [6.07, 6.45) is 2.85. The number of aryl methyl sites for hydroxylation is 1. The van der Waals surface area contributed by atoms with Crippen molar-refractivity contribution < 1.29 is 8.42 Å². The van der Waals surface area contributed by atoms with Crippen molar-refractivity contribution in [3.63, 3.8) is 0 Å². The molecule has 1 aromatic heterocycles. The molecule has 1 fully saturated rings. The molecule has 2 heterocycles. The van der Waals surface area contributed by atoms with Gasteiger partial charge in [-0.2, -0.15) is 5.10 Å². The molecule has 18 heavy (non-hydrogen) atoms. The Kier molecular flexibility index (Phi) is 4.33. The fourth-order valence-corrected chi connectivity index (χ4v) is 2.90. The topological polar surface area (TPSA) is 79.3 Å². The molecule has 0 amide bonds. The van der Waals surface area contributed by atoms with E-state index in [9.17, 15) is 8.42 Å². The molecule has 0 radical (unpaired) electrons. The van der Waals surface area contributed by atoms with E-state index in [1.807, 2.05) is 0 Å². The van der Waals surface area contributed by atoms with Crippen molar-refractivity contribution in [2.75, 3.05) is 39.3 Å². The van der Waals surface area contributed by atoms with Crippen LogP contribution in [0, 0.1) is 0 Å². The smallest absolute Gasteiger partial charge is 0.243 e. The van der Waals surface area contributed by atoms with Gasteiger partial charge in [0.25, 0.3) is 0 Å². The molecule has 7 nitrogen and oxygen atoms in total. The first-order valence-corrected chi connectivity index (χ1v) is 7.48. The lowest BCUT2D eigenvalue weighted by molar-refractivity contribution is 0.245. The van der Waals surface area contributed by atoms with Gasteiger partial charge in [-0.3, -0.25) is 9.58 Å². The van der Waals surface area contributed by atoms with Gasteiger partial charge in [-0.05, 0) is 0 Å². The van der Waals surface area contributed by atoms with Crippen molar-refractivity contribution in [2.24, 2.45) is 7.05 Å². The molecule has 8 heteroatoms. The van der Waals surface area contributed by atoms with Crippen LogP contribution in [0.25, 0.3) is 0 Å². The van der Waals surface area contributed by atoms with Gasteiger partial charge in [-0.1, -0.05) is 0 Å². The number of rotatable bonds is 5. The molecular formula is C10H19N5O2S.